The molecule has 0 atom stereocenters. The molecule has 0 aliphatic heterocycles. The first-order chi connectivity index (χ1) is 20.2. The van der Waals surface area contributed by atoms with E-state index in [1.807, 2.05) is 0 Å². The Morgan fingerprint density at radius 2 is 0.727 bits per heavy atom. The molecule has 0 aliphatic carbocycles. The number of hydrogen-bond acceptors (Lipinski definition) is 4. The predicted molar refractivity (Wildman–Crippen MR) is 185 cm³/mol. The highest BCUT2D eigenvalue weighted by Gasteiger charge is 2.22. The van der Waals surface area contributed by atoms with Crippen LogP contribution >= 0.6 is 0 Å². The van der Waals surface area contributed by atoms with E-state index in [2.05, 4.69) is 119 Å². The monoisotopic (exact) mass is 606 g/mol. The zero-order valence-electron chi connectivity index (χ0n) is 30.2. The Kier molecular flexibility index (Phi) is 13.3. The first kappa shape index (κ1) is 37.6. The Labute approximate surface area is 269 Å². The lowest BCUT2D eigenvalue weighted by Crippen LogP contribution is -2.17. The van der Waals surface area contributed by atoms with E-state index in [9.17, 15) is 9.59 Å². The molecule has 2 aromatic rings. The van der Waals surface area contributed by atoms with Crippen molar-refractivity contribution in [2.24, 2.45) is 0 Å². The van der Waals surface area contributed by atoms with Crippen LogP contribution in [0, 0.1) is 0 Å². The minimum absolute atomic E-state index is 0.0595. The summed E-state index contributed by atoms with van der Waals surface area (Å²) in [4.78, 5) is 24.8. The molecule has 0 unspecified atom stereocenters. The molecule has 4 nitrogen and oxygen atoms in total. The highest BCUT2D eigenvalue weighted by Crippen LogP contribution is 2.32. The molecule has 0 spiro atoms. The van der Waals surface area contributed by atoms with Crippen LogP contribution < -0.4 is 0 Å². The van der Waals surface area contributed by atoms with E-state index in [0.717, 1.165) is 25.7 Å². The van der Waals surface area contributed by atoms with Crippen molar-refractivity contribution >= 4 is 11.9 Å². The molecule has 0 N–H and O–H groups in total. The van der Waals surface area contributed by atoms with E-state index in [1.165, 1.54) is 33.4 Å². The number of carbonyl (C=O) groups is 2. The molecule has 0 amide bonds. The van der Waals surface area contributed by atoms with Crippen molar-refractivity contribution < 1.29 is 19.1 Å². The average Bonchev–Trinajstić information content (AvgIpc) is 2.90. The maximum atomic E-state index is 12.4. The predicted octanol–water partition coefficient (Wildman–Crippen LogP) is 10.1. The van der Waals surface area contributed by atoms with Crippen LogP contribution in [-0.2, 0) is 53.6 Å². The van der Waals surface area contributed by atoms with Crippen molar-refractivity contribution in [1.82, 2.24) is 0 Å². The average molecular weight is 607 g/mol. The third-order valence-corrected chi connectivity index (χ3v) is 8.25. The maximum absolute atomic E-state index is 12.4. The molecule has 0 aromatic heterocycles. The quantitative estimate of drug-likeness (QED) is 0.168. The minimum Gasteiger partial charge on any atom is -0.466 e. The zero-order chi connectivity index (χ0) is 33.3. The number of aryl methyl sites for hydroxylation is 2. The van der Waals surface area contributed by atoms with Gasteiger partial charge >= 0.3 is 11.9 Å². The summed E-state index contributed by atoms with van der Waals surface area (Å²) in [5.74, 6) is -0.278. The Morgan fingerprint density at radius 3 is 0.977 bits per heavy atom. The Balaban J connectivity index is 1.66. The van der Waals surface area contributed by atoms with Crippen LogP contribution in [0.5, 0.6) is 0 Å². The summed E-state index contributed by atoms with van der Waals surface area (Å²) >= 11 is 0. The number of unbranched alkanes of at least 4 members (excludes halogenated alkanes) is 3. The van der Waals surface area contributed by atoms with Gasteiger partial charge in [0.2, 0.25) is 0 Å². The van der Waals surface area contributed by atoms with Gasteiger partial charge in [0.1, 0.15) is 0 Å². The molecule has 0 heterocycles. The number of hydrogen-bond donors (Lipinski definition) is 0. The highest BCUT2D eigenvalue weighted by atomic mass is 16.5. The van der Waals surface area contributed by atoms with Crippen LogP contribution in [0.25, 0.3) is 0 Å². The van der Waals surface area contributed by atoms with Crippen LogP contribution in [0.15, 0.2) is 36.4 Å². The molecule has 0 bridgehead atoms. The van der Waals surface area contributed by atoms with E-state index in [1.54, 1.807) is 0 Å². The molecule has 0 fully saturated rings. The van der Waals surface area contributed by atoms with E-state index >= 15 is 0 Å². The van der Waals surface area contributed by atoms with E-state index < -0.39 is 0 Å². The molecule has 2 rings (SSSR count). The van der Waals surface area contributed by atoms with Gasteiger partial charge in [-0.25, -0.2) is 0 Å². The van der Waals surface area contributed by atoms with Crippen molar-refractivity contribution in [2.75, 3.05) is 13.2 Å². The van der Waals surface area contributed by atoms with E-state index in [-0.39, 0.29) is 33.6 Å². The fourth-order valence-corrected chi connectivity index (χ4v) is 4.97. The second-order valence-electron chi connectivity index (χ2n) is 16.7. The summed E-state index contributed by atoms with van der Waals surface area (Å²) in [6.45, 7) is 27.6. The van der Waals surface area contributed by atoms with Crippen LogP contribution in [0.2, 0.25) is 0 Å². The molecule has 44 heavy (non-hydrogen) atoms. The van der Waals surface area contributed by atoms with Gasteiger partial charge in [0.25, 0.3) is 0 Å². The van der Waals surface area contributed by atoms with Crippen LogP contribution in [-0.4, -0.2) is 25.2 Å². The molecule has 0 saturated heterocycles. The zero-order valence-corrected chi connectivity index (χ0v) is 30.2. The summed E-state index contributed by atoms with van der Waals surface area (Å²) in [5.41, 5.74) is 7.85. The minimum atomic E-state index is -0.139. The summed E-state index contributed by atoms with van der Waals surface area (Å²) in [7, 11) is 0. The molecule has 246 valence electrons. The van der Waals surface area contributed by atoms with Gasteiger partial charge in [-0.05, 0) is 93.6 Å². The molecule has 4 heteroatoms. The second-order valence-corrected chi connectivity index (χ2v) is 16.7. The van der Waals surface area contributed by atoms with Crippen molar-refractivity contribution in [1.29, 1.82) is 0 Å². The summed E-state index contributed by atoms with van der Waals surface area (Å²) in [6, 6.07) is 13.6. The lowest BCUT2D eigenvalue weighted by Gasteiger charge is -2.26. The SMILES string of the molecule is CC(C)(C)c1cc(CCC(=O)OCCCCCCOC(=O)CCc2cc(C(C)(C)C)cc(C(C)(C)C)c2)cc(C(C)(C)C)c1. The molecule has 0 aliphatic rings. The first-order valence-electron chi connectivity index (χ1n) is 16.8. The second kappa shape index (κ2) is 15.6. The van der Waals surface area contributed by atoms with Gasteiger partial charge < -0.3 is 9.47 Å². The van der Waals surface area contributed by atoms with Gasteiger partial charge in [-0.3, -0.25) is 9.59 Å². The number of carbonyl (C=O) groups excluding carboxylic acids is 2. The lowest BCUT2D eigenvalue weighted by atomic mass is 9.79. The number of ether oxygens (including phenoxy) is 2. The smallest absolute Gasteiger partial charge is 0.306 e. The fourth-order valence-electron chi connectivity index (χ4n) is 4.97. The normalized spacial score (nSPS) is 12.7. The standard InChI is InChI=1S/C40H62O4/c1-37(2,3)31-23-29(24-32(27-31)38(4,5)6)17-19-35(41)43-21-15-13-14-16-22-44-36(42)20-18-30-25-33(39(7,8)9)28-34(26-30)40(10,11)12/h23-28H,13-22H2,1-12H3. The molecular weight excluding hydrogens is 544 g/mol. The molecule has 2 aromatic carbocycles. The molecular formula is C40H62O4. The Bertz CT molecular complexity index is 1060. The van der Waals surface area contributed by atoms with E-state index in [0.29, 0.717) is 38.9 Å². The molecule has 0 saturated carbocycles. The summed E-state index contributed by atoms with van der Waals surface area (Å²) < 4.78 is 11.0. The topological polar surface area (TPSA) is 52.6 Å². The third kappa shape index (κ3) is 13.2. The van der Waals surface area contributed by atoms with E-state index in [4.69, 9.17) is 9.47 Å². The molecule has 0 radical (unpaired) electrons. The van der Waals surface area contributed by atoms with Crippen molar-refractivity contribution in [3.63, 3.8) is 0 Å². The van der Waals surface area contributed by atoms with Gasteiger partial charge in [0.15, 0.2) is 0 Å². The van der Waals surface area contributed by atoms with Gasteiger partial charge in [0, 0.05) is 12.8 Å². The summed E-state index contributed by atoms with van der Waals surface area (Å²) in [6.07, 6.45) is 5.72. The van der Waals surface area contributed by atoms with Crippen molar-refractivity contribution in [3.05, 3.63) is 69.8 Å². The highest BCUT2D eigenvalue weighted by molar-refractivity contribution is 5.70. The summed E-state index contributed by atoms with van der Waals surface area (Å²) in [5, 5.41) is 0. The Hall–Kier alpha value is -2.62. The maximum Gasteiger partial charge on any atom is 0.306 e. The van der Waals surface area contributed by atoms with Gasteiger partial charge in [-0.15, -0.1) is 0 Å². The van der Waals surface area contributed by atoms with Gasteiger partial charge in [-0.1, -0.05) is 119 Å². The van der Waals surface area contributed by atoms with Gasteiger partial charge in [-0.2, -0.15) is 0 Å². The Morgan fingerprint density at radius 1 is 0.455 bits per heavy atom. The third-order valence-electron chi connectivity index (χ3n) is 8.25. The first-order valence-corrected chi connectivity index (χ1v) is 16.8. The van der Waals surface area contributed by atoms with Crippen molar-refractivity contribution in [3.8, 4) is 0 Å². The van der Waals surface area contributed by atoms with Crippen LogP contribution in [0.4, 0.5) is 0 Å². The van der Waals surface area contributed by atoms with Crippen LogP contribution in [0.1, 0.15) is 155 Å². The van der Waals surface area contributed by atoms with Crippen molar-refractivity contribution in [2.45, 2.75) is 156 Å². The number of esters is 2. The fraction of sp³-hybridized carbons (Fsp3) is 0.650. The lowest BCUT2D eigenvalue weighted by molar-refractivity contribution is -0.145. The number of rotatable bonds is 13. The van der Waals surface area contributed by atoms with Gasteiger partial charge in [0.05, 0.1) is 13.2 Å². The largest absolute Gasteiger partial charge is 0.466 e. The number of benzene rings is 2. The van der Waals surface area contributed by atoms with Crippen LogP contribution in [0.3, 0.4) is 0 Å².